The number of rotatable bonds is 3. The molecule has 0 spiro atoms. The van der Waals surface area contributed by atoms with Crippen molar-refractivity contribution in [3.63, 3.8) is 0 Å². The van der Waals surface area contributed by atoms with Gasteiger partial charge in [-0.1, -0.05) is 11.6 Å². The number of hydrogen-bond acceptors (Lipinski definition) is 6. The number of hydrogen-bond donors (Lipinski definition) is 2. The van der Waals surface area contributed by atoms with E-state index in [1.807, 2.05) is 0 Å². The molecule has 0 amide bonds. The smallest absolute Gasteiger partial charge is 0.188 e. The van der Waals surface area contributed by atoms with Crippen LogP contribution in [0.1, 0.15) is 25.1 Å². The number of tetrazole rings is 1. The quantitative estimate of drug-likeness (QED) is 0.313. The van der Waals surface area contributed by atoms with Gasteiger partial charge >= 0.3 is 0 Å². The zero-order valence-electron chi connectivity index (χ0n) is 9.82. The molecule has 1 atom stereocenters. The van der Waals surface area contributed by atoms with Gasteiger partial charge in [-0.05, 0) is 24.6 Å². The molecule has 1 aromatic heterocycles. The molecule has 8 heteroatoms. The first kappa shape index (κ1) is 11.8. The molecular weight excluding hydrogens is 222 g/mol. The Morgan fingerprint density at radius 2 is 2.41 bits per heavy atom. The minimum Gasteiger partial charge on any atom is -0.409 e. The summed E-state index contributed by atoms with van der Waals surface area (Å²) in [5, 5.41) is 23.7. The molecule has 1 aliphatic heterocycles. The molecule has 17 heavy (non-hydrogen) atoms. The zero-order chi connectivity index (χ0) is 12.3. The van der Waals surface area contributed by atoms with Gasteiger partial charge in [0.05, 0.1) is 19.6 Å². The fourth-order valence-corrected chi connectivity index (χ4v) is 2.15. The van der Waals surface area contributed by atoms with Gasteiger partial charge in [0.15, 0.2) is 11.7 Å². The number of oxime groups is 1. The number of aromatic nitrogens is 4. The highest BCUT2D eigenvalue weighted by molar-refractivity contribution is 5.85. The molecule has 0 saturated carbocycles. The predicted molar refractivity (Wildman–Crippen MR) is 60.3 cm³/mol. The van der Waals surface area contributed by atoms with Crippen LogP contribution in [0.2, 0.25) is 0 Å². The number of piperidine rings is 1. The third-order valence-corrected chi connectivity index (χ3v) is 2.96. The minimum absolute atomic E-state index is 0.0300. The Labute approximate surface area is 99.1 Å². The normalized spacial score (nSPS) is 22.9. The molecule has 0 aromatic carbocycles. The van der Waals surface area contributed by atoms with Gasteiger partial charge in [-0.15, -0.1) is 10.2 Å². The van der Waals surface area contributed by atoms with E-state index in [2.05, 4.69) is 25.5 Å². The van der Waals surface area contributed by atoms with Gasteiger partial charge in [0.1, 0.15) is 0 Å². The highest BCUT2D eigenvalue weighted by Crippen LogP contribution is 2.18. The molecule has 2 rings (SSSR count). The average molecular weight is 239 g/mol. The van der Waals surface area contributed by atoms with Crippen LogP contribution in [0.3, 0.4) is 0 Å². The van der Waals surface area contributed by atoms with Crippen molar-refractivity contribution >= 4 is 5.84 Å². The van der Waals surface area contributed by atoms with E-state index < -0.39 is 0 Å². The SMILES string of the molecule is Cn1nnc(CN2CCCCC2C(N)=NO)n1. The Hall–Kier alpha value is -1.70. The molecule has 1 fully saturated rings. The number of likely N-dealkylation sites (tertiary alicyclic amines) is 1. The lowest BCUT2D eigenvalue weighted by Gasteiger charge is -2.33. The highest BCUT2D eigenvalue weighted by atomic mass is 16.4. The average Bonchev–Trinajstić information content (AvgIpc) is 2.74. The van der Waals surface area contributed by atoms with Gasteiger partial charge in [-0.3, -0.25) is 4.90 Å². The first-order valence-electron chi connectivity index (χ1n) is 5.65. The summed E-state index contributed by atoms with van der Waals surface area (Å²) in [5.74, 6) is 0.915. The van der Waals surface area contributed by atoms with Crippen LogP contribution in [0.15, 0.2) is 5.16 Å². The summed E-state index contributed by atoms with van der Waals surface area (Å²) in [4.78, 5) is 3.55. The molecule has 1 saturated heterocycles. The van der Waals surface area contributed by atoms with Crippen molar-refractivity contribution in [1.29, 1.82) is 0 Å². The maximum absolute atomic E-state index is 8.76. The van der Waals surface area contributed by atoms with E-state index in [-0.39, 0.29) is 11.9 Å². The Kier molecular flexibility index (Phi) is 3.52. The number of nitrogens with zero attached hydrogens (tertiary/aromatic N) is 6. The minimum atomic E-state index is -0.0300. The van der Waals surface area contributed by atoms with E-state index in [0.29, 0.717) is 12.4 Å². The molecule has 0 bridgehead atoms. The first-order valence-corrected chi connectivity index (χ1v) is 5.65. The number of aryl methyl sites for hydroxylation is 1. The van der Waals surface area contributed by atoms with Crippen LogP contribution in [0.5, 0.6) is 0 Å². The van der Waals surface area contributed by atoms with Crippen LogP contribution in [-0.2, 0) is 13.6 Å². The third-order valence-electron chi connectivity index (χ3n) is 2.96. The first-order chi connectivity index (χ1) is 8.20. The second-order valence-corrected chi connectivity index (χ2v) is 4.20. The fraction of sp³-hybridized carbons (Fsp3) is 0.778. The van der Waals surface area contributed by atoms with Crippen LogP contribution >= 0.6 is 0 Å². The molecule has 0 aliphatic carbocycles. The van der Waals surface area contributed by atoms with Crippen LogP contribution in [0, 0.1) is 0 Å². The van der Waals surface area contributed by atoms with Crippen molar-refractivity contribution in [3.05, 3.63) is 5.82 Å². The monoisotopic (exact) mass is 239 g/mol. The second-order valence-electron chi connectivity index (χ2n) is 4.20. The Morgan fingerprint density at radius 3 is 3.06 bits per heavy atom. The van der Waals surface area contributed by atoms with Crippen LogP contribution in [-0.4, -0.2) is 48.7 Å². The molecule has 8 nitrogen and oxygen atoms in total. The maximum atomic E-state index is 8.76. The van der Waals surface area contributed by atoms with E-state index in [0.717, 1.165) is 25.8 Å². The van der Waals surface area contributed by atoms with Crippen LogP contribution in [0.4, 0.5) is 0 Å². The van der Waals surface area contributed by atoms with Gasteiger partial charge < -0.3 is 10.9 Å². The maximum Gasteiger partial charge on any atom is 0.188 e. The van der Waals surface area contributed by atoms with Gasteiger partial charge in [-0.2, -0.15) is 4.80 Å². The summed E-state index contributed by atoms with van der Waals surface area (Å²) in [5.41, 5.74) is 5.69. The molecule has 2 heterocycles. The van der Waals surface area contributed by atoms with E-state index in [9.17, 15) is 0 Å². The summed E-state index contributed by atoms with van der Waals surface area (Å²) in [6.45, 7) is 1.48. The molecule has 0 radical (unpaired) electrons. The van der Waals surface area contributed by atoms with Crippen LogP contribution in [0.25, 0.3) is 0 Å². The summed E-state index contributed by atoms with van der Waals surface area (Å²) in [7, 11) is 1.73. The lowest BCUT2D eigenvalue weighted by molar-refractivity contribution is 0.174. The molecular formula is C9H17N7O. The fourth-order valence-electron chi connectivity index (χ4n) is 2.15. The summed E-state index contributed by atoms with van der Waals surface area (Å²) in [6, 6.07) is -0.0300. The highest BCUT2D eigenvalue weighted by Gasteiger charge is 2.26. The molecule has 3 N–H and O–H groups in total. The van der Waals surface area contributed by atoms with Crippen LogP contribution < -0.4 is 5.73 Å². The van der Waals surface area contributed by atoms with E-state index in [1.54, 1.807) is 7.05 Å². The lowest BCUT2D eigenvalue weighted by atomic mass is 10.0. The molecule has 1 aliphatic rings. The molecule has 94 valence electrons. The van der Waals surface area contributed by atoms with Gasteiger partial charge in [0.25, 0.3) is 0 Å². The summed E-state index contributed by atoms with van der Waals surface area (Å²) >= 11 is 0. The van der Waals surface area contributed by atoms with Gasteiger partial charge in [0.2, 0.25) is 0 Å². The van der Waals surface area contributed by atoms with Crippen molar-refractivity contribution in [2.45, 2.75) is 31.8 Å². The van der Waals surface area contributed by atoms with E-state index in [4.69, 9.17) is 10.9 Å². The summed E-state index contributed by atoms with van der Waals surface area (Å²) in [6.07, 6.45) is 3.09. The third kappa shape index (κ3) is 2.70. The standard InChI is InChI=1S/C9H17N7O/c1-15-12-8(11-14-15)6-16-5-3-2-4-7(16)9(10)13-17/h7,17H,2-6H2,1H3,(H2,10,13). The number of amidine groups is 1. The molecule has 1 aromatic rings. The van der Waals surface area contributed by atoms with E-state index >= 15 is 0 Å². The second kappa shape index (κ2) is 5.09. The van der Waals surface area contributed by atoms with Crippen molar-refractivity contribution in [2.24, 2.45) is 17.9 Å². The van der Waals surface area contributed by atoms with Gasteiger partial charge in [-0.25, -0.2) is 0 Å². The number of nitrogens with two attached hydrogens (primary N) is 1. The van der Waals surface area contributed by atoms with Gasteiger partial charge in [0, 0.05) is 0 Å². The Morgan fingerprint density at radius 1 is 1.59 bits per heavy atom. The Bertz CT molecular complexity index is 402. The van der Waals surface area contributed by atoms with E-state index in [1.165, 1.54) is 4.80 Å². The largest absolute Gasteiger partial charge is 0.409 e. The topological polar surface area (TPSA) is 105 Å². The molecule has 1 unspecified atom stereocenters. The predicted octanol–water partition coefficient (Wildman–Crippen LogP) is -0.689. The Balaban J connectivity index is 2.06. The summed E-state index contributed by atoms with van der Waals surface area (Å²) < 4.78 is 0. The van der Waals surface area contributed by atoms with Crippen molar-refractivity contribution in [3.8, 4) is 0 Å². The lowest BCUT2D eigenvalue weighted by Crippen LogP contribution is -2.47. The zero-order valence-corrected chi connectivity index (χ0v) is 9.82. The van der Waals surface area contributed by atoms with Crippen molar-refractivity contribution in [1.82, 2.24) is 25.1 Å². The van der Waals surface area contributed by atoms with Crippen molar-refractivity contribution in [2.75, 3.05) is 6.54 Å². The van der Waals surface area contributed by atoms with Crippen molar-refractivity contribution < 1.29 is 5.21 Å².